The molecular weight excluding hydrogens is 476 g/mol. The van der Waals surface area contributed by atoms with Crippen molar-refractivity contribution < 1.29 is 28.5 Å². The van der Waals surface area contributed by atoms with E-state index in [1.54, 1.807) is 17.0 Å². The lowest BCUT2D eigenvalue weighted by atomic mass is 9.94. The van der Waals surface area contributed by atoms with Crippen molar-refractivity contribution in [2.24, 2.45) is 0 Å². The first kappa shape index (κ1) is 26.7. The van der Waals surface area contributed by atoms with Gasteiger partial charge in [-0.25, -0.2) is 4.98 Å². The van der Waals surface area contributed by atoms with Crippen molar-refractivity contribution in [2.45, 2.75) is 63.1 Å². The summed E-state index contributed by atoms with van der Waals surface area (Å²) in [7, 11) is 4.56. The summed E-state index contributed by atoms with van der Waals surface area (Å²) >= 11 is 0. The number of nitrogens with zero attached hydrogens (tertiary/aromatic N) is 3. The summed E-state index contributed by atoms with van der Waals surface area (Å²) in [4.78, 5) is 37.7. The lowest BCUT2D eigenvalue weighted by molar-refractivity contribution is -0.127. The molecule has 4 rings (SSSR count). The molecule has 2 atom stereocenters. The number of hydrogen-bond donors (Lipinski definition) is 1. The van der Waals surface area contributed by atoms with Gasteiger partial charge < -0.3 is 29.2 Å². The maximum absolute atomic E-state index is 14.0. The molecule has 10 nitrogen and oxygen atoms in total. The summed E-state index contributed by atoms with van der Waals surface area (Å²) in [6, 6.07) is 2.52. The van der Waals surface area contributed by atoms with E-state index in [0.29, 0.717) is 29.4 Å². The second-order valence-electron chi connectivity index (χ2n) is 9.39. The SMILES string of the molecule is COc1cc([C@H](C(=O)NC2CCCCC2)N(C[C@@H]2CCCO2)C(=O)c2cnccn2)cc(OC)c1OC. The smallest absolute Gasteiger partial charge is 0.275 e. The summed E-state index contributed by atoms with van der Waals surface area (Å²) in [5.74, 6) is 0.538. The highest BCUT2D eigenvalue weighted by molar-refractivity contribution is 5.96. The predicted octanol–water partition coefficient (Wildman–Crippen LogP) is 3.31. The number of amides is 2. The molecule has 1 aliphatic carbocycles. The quantitative estimate of drug-likeness (QED) is 0.516. The van der Waals surface area contributed by atoms with Gasteiger partial charge in [0, 0.05) is 31.6 Å². The number of hydrogen-bond acceptors (Lipinski definition) is 8. The molecule has 200 valence electrons. The Morgan fingerprint density at radius 3 is 2.32 bits per heavy atom. The van der Waals surface area contributed by atoms with E-state index in [0.717, 1.165) is 38.5 Å². The zero-order valence-electron chi connectivity index (χ0n) is 21.8. The van der Waals surface area contributed by atoms with Gasteiger partial charge in [0.1, 0.15) is 11.7 Å². The topological polar surface area (TPSA) is 112 Å². The largest absolute Gasteiger partial charge is 0.493 e. The summed E-state index contributed by atoms with van der Waals surface area (Å²) in [5, 5.41) is 3.21. The molecule has 1 saturated carbocycles. The van der Waals surface area contributed by atoms with Crippen LogP contribution in [-0.2, 0) is 9.53 Å². The zero-order valence-corrected chi connectivity index (χ0v) is 21.8. The molecule has 1 aliphatic heterocycles. The normalized spacial score (nSPS) is 18.6. The lowest BCUT2D eigenvalue weighted by Crippen LogP contribution is -2.49. The molecule has 2 amide bonds. The van der Waals surface area contributed by atoms with E-state index in [1.165, 1.54) is 46.3 Å². The third-order valence-corrected chi connectivity index (χ3v) is 6.98. The number of carbonyl (C=O) groups is 2. The average Bonchev–Trinajstić information content (AvgIpc) is 3.46. The minimum absolute atomic E-state index is 0.0574. The van der Waals surface area contributed by atoms with Gasteiger partial charge in [-0.2, -0.15) is 0 Å². The minimum atomic E-state index is -0.977. The van der Waals surface area contributed by atoms with Gasteiger partial charge in [-0.3, -0.25) is 14.6 Å². The molecule has 0 bridgehead atoms. The number of nitrogens with one attached hydrogen (secondary N) is 1. The number of ether oxygens (including phenoxy) is 4. The molecule has 1 N–H and O–H groups in total. The van der Waals surface area contributed by atoms with Gasteiger partial charge in [0.25, 0.3) is 5.91 Å². The second kappa shape index (κ2) is 12.7. The molecule has 0 unspecified atom stereocenters. The fourth-order valence-corrected chi connectivity index (χ4v) is 5.13. The highest BCUT2D eigenvalue weighted by Crippen LogP contribution is 2.41. The Balaban J connectivity index is 1.79. The Bertz CT molecular complexity index is 1030. The Morgan fingerprint density at radius 1 is 1.03 bits per heavy atom. The Morgan fingerprint density at radius 2 is 1.76 bits per heavy atom. The molecule has 10 heteroatoms. The van der Waals surface area contributed by atoms with Crippen molar-refractivity contribution in [1.82, 2.24) is 20.2 Å². The highest BCUT2D eigenvalue weighted by atomic mass is 16.5. The molecule has 1 aromatic heterocycles. The first-order valence-corrected chi connectivity index (χ1v) is 12.8. The summed E-state index contributed by atoms with van der Waals surface area (Å²) in [6.07, 6.45) is 11.0. The fourth-order valence-electron chi connectivity index (χ4n) is 5.13. The van der Waals surface area contributed by atoms with Gasteiger partial charge in [0.15, 0.2) is 11.5 Å². The van der Waals surface area contributed by atoms with Crippen LogP contribution in [0.5, 0.6) is 17.2 Å². The van der Waals surface area contributed by atoms with E-state index in [2.05, 4.69) is 15.3 Å². The van der Waals surface area contributed by atoms with Crippen LogP contribution in [0.4, 0.5) is 0 Å². The number of carbonyl (C=O) groups excluding carboxylic acids is 2. The molecule has 37 heavy (non-hydrogen) atoms. The molecule has 0 spiro atoms. The molecule has 2 fully saturated rings. The van der Waals surface area contributed by atoms with Crippen LogP contribution >= 0.6 is 0 Å². The number of rotatable bonds is 10. The van der Waals surface area contributed by atoms with E-state index < -0.39 is 11.9 Å². The summed E-state index contributed by atoms with van der Waals surface area (Å²) in [6.45, 7) is 0.857. The monoisotopic (exact) mass is 512 g/mol. The number of benzene rings is 1. The van der Waals surface area contributed by atoms with E-state index in [-0.39, 0.29) is 30.3 Å². The molecule has 1 aromatic carbocycles. The first-order valence-electron chi connectivity index (χ1n) is 12.8. The van der Waals surface area contributed by atoms with Crippen molar-refractivity contribution in [3.63, 3.8) is 0 Å². The molecule has 2 aliphatic rings. The molecule has 2 heterocycles. The van der Waals surface area contributed by atoms with Gasteiger partial charge >= 0.3 is 0 Å². The van der Waals surface area contributed by atoms with Crippen LogP contribution in [0, 0.1) is 0 Å². The highest BCUT2D eigenvalue weighted by Gasteiger charge is 2.37. The van der Waals surface area contributed by atoms with E-state index in [4.69, 9.17) is 18.9 Å². The molecule has 2 aromatic rings. The van der Waals surface area contributed by atoms with Gasteiger partial charge in [0.05, 0.1) is 33.6 Å². The third-order valence-electron chi connectivity index (χ3n) is 6.98. The van der Waals surface area contributed by atoms with Crippen molar-refractivity contribution in [3.8, 4) is 17.2 Å². The molecule has 1 saturated heterocycles. The van der Waals surface area contributed by atoms with Crippen molar-refractivity contribution in [3.05, 3.63) is 42.0 Å². The van der Waals surface area contributed by atoms with Gasteiger partial charge in [-0.1, -0.05) is 19.3 Å². The molecular formula is C27H36N4O6. The van der Waals surface area contributed by atoms with Gasteiger partial charge in [-0.05, 0) is 43.4 Å². The lowest BCUT2D eigenvalue weighted by Gasteiger charge is -2.34. The number of methoxy groups -OCH3 is 3. The minimum Gasteiger partial charge on any atom is -0.493 e. The van der Waals surface area contributed by atoms with Crippen molar-refractivity contribution in [1.29, 1.82) is 0 Å². The van der Waals surface area contributed by atoms with E-state index >= 15 is 0 Å². The third kappa shape index (κ3) is 6.30. The van der Waals surface area contributed by atoms with Crippen LogP contribution in [0.15, 0.2) is 30.7 Å². The van der Waals surface area contributed by atoms with Gasteiger partial charge in [0.2, 0.25) is 11.7 Å². The van der Waals surface area contributed by atoms with E-state index in [9.17, 15) is 9.59 Å². The zero-order chi connectivity index (χ0) is 26.2. The second-order valence-corrected chi connectivity index (χ2v) is 9.39. The van der Waals surface area contributed by atoms with Crippen LogP contribution < -0.4 is 19.5 Å². The molecule has 0 radical (unpaired) electrons. The Labute approximate surface area is 217 Å². The first-order chi connectivity index (χ1) is 18.0. The van der Waals surface area contributed by atoms with E-state index in [1.807, 2.05) is 0 Å². The fraction of sp³-hybridized carbons (Fsp3) is 0.556. The van der Waals surface area contributed by atoms with Crippen LogP contribution in [0.1, 0.15) is 67.0 Å². The van der Waals surface area contributed by atoms with Crippen LogP contribution in [0.2, 0.25) is 0 Å². The Hall–Kier alpha value is -3.40. The van der Waals surface area contributed by atoms with Crippen LogP contribution in [0.3, 0.4) is 0 Å². The van der Waals surface area contributed by atoms with Crippen molar-refractivity contribution in [2.75, 3.05) is 34.5 Å². The maximum atomic E-state index is 14.0. The maximum Gasteiger partial charge on any atom is 0.275 e. The number of aromatic nitrogens is 2. The average molecular weight is 513 g/mol. The van der Waals surface area contributed by atoms with Crippen LogP contribution in [-0.4, -0.2) is 73.3 Å². The summed E-state index contributed by atoms with van der Waals surface area (Å²) < 4.78 is 22.5. The van der Waals surface area contributed by atoms with Crippen molar-refractivity contribution >= 4 is 11.8 Å². The summed E-state index contributed by atoms with van der Waals surface area (Å²) in [5.41, 5.74) is 0.696. The predicted molar refractivity (Wildman–Crippen MR) is 136 cm³/mol. The van der Waals surface area contributed by atoms with Gasteiger partial charge in [-0.15, -0.1) is 0 Å². The standard InChI is InChI=1S/C27H36N4O6/c1-34-22-14-18(15-23(35-2)25(22)36-3)24(26(32)30-19-8-5-4-6-9-19)31(17-20-10-7-13-37-20)27(33)21-16-28-11-12-29-21/h11-12,14-16,19-20,24H,4-10,13,17H2,1-3H3,(H,30,32)/t20-,24+/m0/s1. The van der Waals surface area contributed by atoms with Crippen LogP contribution in [0.25, 0.3) is 0 Å². The Kier molecular flexibility index (Phi) is 9.16.